The number of carbonyl (C=O) groups is 3. The fraction of sp³-hybridized carbons (Fsp3) is 0.545. The van der Waals surface area contributed by atoms with Gasteiger partial charge in [0.15, 0.2) is 5.69 Å². The lowest BCUT2D eigenvalue weighted by atomic mass is 10.2. The molecule has 0 aliphatic carbocycles. The third kappa shape index (κ3) is 4.67. The van der Waals surface area contributed by atoms with Crippen LogP contribution in [0.25, 0.3) is 0 Å². The summed E-state index contributed by atoms with van der Waals surface area (Å²) < 4.78 is 1.02. The number of nitrogens with zero attached hydrogens (tertiary/aromatic N) is 3. The minimum Gasteiger partial charge on any atom is -0.480 e. The van der Waals surface area contributed by atoms with E-state index in [0.29, 0.717) is 0 Å². The number of carboxylic acids is 1. The standard InChI is InChI=1S/C11H17N5O4/c1-6(2)12-10(19)7(3)13-11(20)8-4-16(15-14-8)5-9(17)18/h4,6-7H,5H2,1-3H3,(H,12,19)(H,13,20)(H,17,18). The van der Waals surface area contributed by atoms with Gasteiger partial charge < -0.3 is 15.7 Å². The van der Waals surface area contributed by atoms with E-state index in [-0.39, 0.29) is 24.2 Å². The molecular formula is C11H17N5O4. The molecule has 0 spiro atoms. The molecule has 0 aliphatic heterocycles. The molecule has 9 heteroatoms. The topological polar surface area (TPSA) is 126 Å². The molecule has 0 saturated carbocycles. The van der Waals surface area contributed by atoms with Crippen LogP contribution in [0, 0.1) is 0 Å². The number of amides is 2. The summed E-state index contributed by atoms with van der Waals surface area (Å²) >= 11 is 0. The molecule has 0 bridgehead atoms. The van der Waals surface area contributed by atoms with Gasteiger partial charge in [-0.25, -0.2) is 4.68 Å². The largest absolute Gasteiger partial charge is 0.480 e. The molecule has 1 aromatic rings. The average Bonchev–Trinajstić information content (AvgIpc) is 2.75. The lowest BCUT2D eigenvalue weighted by Crippen LogP contribution is -2.46. The molecule has 0 aliphatic rings. The minimum atomic E-state index is -1.09. The molecular weight excluding hydrogens is 266 g/mol. The van der Waals surface area contributed by atoms with Crippen LogP contribution >= 0.6 is 0 Å². The summed E-state index contributed by atoms with van der Waals surface area (Å²) in [7, 11) is 0. The summed E-state index contributed by atoms with van der Waals surface area (Å²) in [4.78, 5) is 33.9. The van der Waals surface area contributed by atoms with Crippen molar-refractivity contribution in [1.82, 2.24) is 25.6 Å². The molecule has 1 heterocycles. The predicted octanol–water partition coefficient (Wildman–Crippen LogP) is -0.994. The highest BCUT2D eigenvalue weighted by molar-refractivity contribution is 5.95. The number of rotatable bonds is 6. The molecule has 9 nitrogen and oxygen atoms in total. The van der Waals surface area contributed by atoms with Gasteiger partial charge in [0.25, 0.3) is 5.91 Å². The molecule has 0 fully saturated rings. The van der Waals surface area contributed by atoms with Crippen molar-refractivity contribution in [2.75, 3.05) is 0 Å². The average molecular weight is 283 g/mol. The molecule has 1 rings (SSSR count). The van der Waals surface area contributed by atoms with Crippen LogP contribution in [0.15, 0.2) is 6.20 Å². The highest BCUT2D eigenvalue weighted by atomic mass is 16.4. The Morgan fingerprint density at radius 1 is 1.30 bits per heavy atom. The van der Waals surface area contributed by atoms with Crippen molar-refractivity contribution in [2.45, 2.75) is 39.4 Å². The van der Waals surface area contributed by atoms with Gasteiger partial charge in [0.05, 0.1) is 6.20 Å². The Morgan fingerprint density at radius 3 is 2.50 bits per heavy atom. The highest BCUT2D eigenvalue weighted by Crippen LogP contribution is 1.95. The summed E-state index contributed by atoms with van der Waals surface area (Å²) in [6.45, 7) is 4.77. The van der Waals surface area contributed by atoms with E-state index in [2.05, 4.69) is 20.9 Å². The van der Waals surface area contributed by atoms with Gasteiger partial charge in [-0.2, -0.15) is 0 Å². The van der Waals surface area contributed by atoms with Crippen LogP contribution in [-0.2, 0) is 16.1 Å². The van der Waals surface area contributed by atoms with Gasteiger partial charge in [-0.15, -0.1) is 5.10 Å². The number of aliphatic carboxylic acids is 1. The Kier molecular flexibility index (Phi) is 5.18. The van der Waals surface area contributed by atoms with Crippen molar-refractivity contribution < 1.29 is 19.5 Å². The Bertz CT molecular complexity index is 511. The third-order valence-corrected chi connectivity index (χ3v) is 2.24. The minimum absolute atomic E-state index is 0.0294. The summed E-state index contributed by atoms with van der Waals surface area (Å²) in [5.74, 6) is -1.99. The molecule has 0 saturated heterocycles. The maximum atomic E-state index is 11.8. The molecule has 0 radical (unpaired) electrons. The van der Waals surface area contributed by atoms with Gasteiger partial charge in [0.2, 0.25) is 5.91 Å². The monoisotopic (exact) mass is 283 g/mol. The van der Waals surface area contributed by atoms with Crippen molar-refractivity contribution in [3.05, 3.63) is 11.9 Å². The van der Waals surface area contributed by atoms with Crippen LogP contribution in [0.1, 0.15) is 31.3 Å². The zero-order chi connectivity index (χ0) is 15.3. The smallest absolute Gasteiger partial charge is 0.325 e. The molecule has 2 amide bonds. The van der Waals surface area contributed by atoms with Gasteiger partial charge in [0, 0.05) is 6.04 Å². The second kappa shape index (κ2) is 6.64. The molecule has 1 aromatic heterocycles. The molecule has 1 unspecified atom stereocenters. The van der Waals surface area contributed by atoms with Crippen LogP contribution < -0.4 is 10.6 Å². The SMILES string of the molecule is CC(C)NC(=O)C(C)NC(=O)c1cn(CC(=O)O)nn1. The van der Waals surface area contributed by atoms with Crippen LogP contribution in [0.3, 0.4) is 0 Å². The van der Waals surface area contributed by atoms with Gasteiger partial charge in [-0.3, -0.25) is 14.4 Å². The van der Waals surface area contributed by atoms with Crippen molar-refractivity contribution in [3.63, 3.8) is 0 Å². The third-order valence-electron chi connectivity index (χ3n) is 2.24. The van der Waals surface area contributed by atoms with E-state index < -0.39 is 17.9 Å². The number of carboxylic acid groups (broad SMARTS) is 1. The number of hydrogen-bond donors (Lipinski definition) is 3. The fourth-order valence-corrected chi connectivity index (χ4v) is 1.36. The first kappa shape index (κ1) is 15.6. The zero-order valence-corrected chi connectivity index (χ0v) is 11.5. The molecule has 3 N–H and O–H groups in total. The van der Waals surface area contributed by atoms with E-state index in [1.54, 1.807) is 0 Å². The van der Waals surface area contributed by atoms with E-state index in [1.807, 2.05) is 13.8 Å². The normalized spacial score (nSPS) is 12.0. The Labute approximate surface area is 115 Å². The Morgan fingerprint density at radius 2 is 1.95 bits per heavy atom. The van der Waals surface area contributed by atoms with E-state index in [9.17, 15) is 14.4 Å². The maximum absolute atomic E-state index is 11.8. The van der Waals surface area contributed by atoms with Gasteiger partial charge >= 0.3 is 5.97 Å². The highest BCUT2D eigenvalue weighted by Gasteiger charge is 2.19. The molecule has 0 aromatic carbocycles. The van der Waals surface area contributed by atoms with Crippen molar-refractivity contribution >= 4 is 17.8 Å². The maximum Gasteiger partial charge on any atom is 0.325 e. The fourth-order valence-electron chi connectivity index (χ4n) is 1.36. The second-order valence-electron chi connectivity index (χ2n) is 4.55. The van der Waals surface area contributed by atoms with Gasteiger partial charge in [0.1, 0.15) is 12.6 Å². The number of carbonyl (C=O) groups excluding carboxylic acids is 2. The zero-order valence-electron chi connectivity index (χ0n) is 11.5. The summed E-state index contributed by atoms with van der Waals surface area (Å²) in [5, 5.41) is 20.7. The van der Waals surface area contributed by atoms with E-state index in [0.717, 1.165) is 4.68 Å². The Balaban J connectivity index is 2.60. The number of aromatic nitrogens is 3. The van der Waals surface area contributed by atoms with Crippen molar-refractivity contribution in [3.8, 4) is 0 Å². The van der Waals surface area contributed by atoms with Crippen LogP contribution in [0.2, 0.25) is 0 Å². The van der Waals surface area contributed by atoms with Crippen molar-refractivity contribution in [1.29, 1.82) is 0 Å². The first-order valence-corrected chi connectivity index (χ1v) is 6.02. The molecule has 110 valence electrons. The lowest BCUT2D eigenvalue weighted by Gasteiger charge is -2.15. The first-order chi connectivity index (χ1) is 9.29. The lowest BCUT2D eigenvalue weighted by molar-refractivity contribution is -0.138. The van der Waals surface area contributed by atoms with Crippen LogP contribution in [-0.4, -0.2) is 50.0 Å². The number of hydrogen-bond acceptors (Lipinski definition) is 5. The summed E-state index contributed by atoms with van der Waals surface area (Å²) in [6.07, 6.45) is 1.20. The predicted molar refractivity (Wildman–Crippen MR) is 67.9 cm³/mol. The van der Waals surface area contributed by atoms with Crippen molar-refractivity contribution in [2.24, 2.45) is 0 Å². The summed E-state index contributed by atoms with van der Waals surface area (Å²) in [6, 6.07) is -0.757. The van der Waals surface area contributed by atoms with E-state index in [4.69, 9.17) is 5.11 Å². The van der Waals surface area contributed by atoms with Crippen LogP contribution in [0.4, 0.5) is 0 Å². The van der Waals surface area contributed by atoms with Crippen LogP contribution in [0.5, 0.6) is 0 Å². The quantitative estimate of drug-likeness (QED) is 0.615. The van der Waals surface area contributed by atoms with E-state index >= 15 is 0 Å². The number of nitrogens with one attached hydrogen (secondary N) is 2. The second-order valence-corrected chi connectivity index (χ2v) is 4.55. The van der Waals surface area contributed by atoms with Gasteiger partial charge in [-0.1, -0.05) is 5.21 Å². The molecule has 20 heavy (non-hydrogen) atoms. The molecule has 1 atom stereocenters. The summed E-state index contributed by atoms with van der Waals surface area (Å²) in [5.41, 5.74) is -0.0459. The first-order valence-electron chi connectivity index (χ1n) is 6.02. The van der Waals surface area contributed by atoms with Gasteiger partial charge in [-0.05, 0) is 20.8 Å². The Hall–Kier alpha value is -2.45. The van der Waals surface area contributed by atoms with E-state index in [1.165, 1.54) is 13.1 Å².